The second-order valence-electron chi connectivity index (χ2n) is 7.88. The summed E-state index contributed by atoms with van der Waals surface area (Å²) in [5.41, 5.74) is 1.38. The van der Waals surface area contributed by atoms with Crippen molar-refractivity contribution in [2.45, 2.75) is 76.3 Å². The van der Waals surface area contributed by atoms with Crippen molar-refractivity contribution in [1.82, 2.24) is 10.1 Å². The summed E-state index contributed by atoms with van der Waals surface area (Å²) in [4.78, 5) is 15.6. The molecule has 0 aliphatic heterocycles. The summed E-state index contributed by atoms with van der Waals surface area (Å²) in [7, 11) is 0. The maximum atomic E-state index is 13.4. The summed E-state index contributed by atoms with van der Waals surface area (Å²) in [5.74, 6) is 0.707. The fraction of sp³-hybridized carbons (Fsp3) is 0.545. The molecule has 2 saturated carbocycles. The fourth-order valence-corrected chi connectivity index (χ4v) is 4.87. The minimum atomic E-state index is 0.0564. The second kappa shape index (κ2) is 8.59. The summed E-state index contributed by atoms with van der Waals surface area (Å²) in [6.45, 7) is 0. The fourth-order valence-electron chi connectivity index (χ4n) is 4.61. The third-order valence-electron chi connectivity index (χ3n) is 6.03. The maximum Gasteiger partial charge on any atom is 0.276 e. The van der Waals surface area contributed by atoms with Crippen LogP contribution in [0, 0.1) is 0 Å². The molecule has 1 heterocycles. The van der Waals surface area contributed by atoms with Gasteiger partial charge in [0.05, 0.1) is 0 Å². The van der Waals surface area contributed by atoms with Crippen LogP contribution in [0.2, 0.25) is 0 Å². The number of carbonyl (C=O) groups is 1. The SMILES string of the molecule is O=C(c1cc(-c2ccc(Br)cc2)on1)N(C1CCCCC1)C1CCCCC1. The molecule has 2 aliphatic carbocycles. The number of halogens is 1. The van der Waals surface area contributed by atoms with Crippen LogP contribution in [0.5, 0.6) is 0 Å². The zero-order valence-corrected chi connectivity index (χ0v) is 17.3. The van der Waals surface area contributed by atoms with Crippen molar-refractivity contribution in [3.05, 3.63) is 40.5 Å². The van der Waals surface area contributed by atoms with E-state index in [0.717, 1.165) is 35.7 Å². The molecule has 144 valence electrons. The minimum absolute atomic E-state index is 0.0564. The first-order chi connectivity index (χ1) is 13.2. The van der Waals surface area contributed by atoms with Crippen molar-refractivity contribution >= 4 is 21.8 Å². The lowest BCUT2D eigenvalue weighted by atomic mass is 9.88. The van der Waals surface area contributed by atoms with Gasteiger partial charge in [0, 0.05) is 28.2 Å². The Morgan fingerprint density at radius 1 is 0.926 bits per heavy atom. The Bertz CT molecular complexity index is 741. The van der Waals surface area contributed by atoms with Crippen molar-refractivity contribution < 1.29 is 9.32 Å². The van der Waals surface area contributed by atoms with Gasteiger partial charge in [0.2, 0.25) is 0 Å². The van der Waals surface area contributed by atoms with Crippen LogP contribution in [-0.2, 0) is 0 Å². The monoisotopic (exact) mass is 430 g/mol. The molecule has 0 bridgehead atoms. The van der Waals surface area contributed by atoms with Crippen molar-refractivity contribution in [3.63, 3.8) is 0 Å². The molecule has 1 aromatic carbocycles. The molecule has 4 nitrogen and oxygen atoms in total. The number of benzene rings is 1. The van der Waals surface area contributed by atoms with Crippen LogP contribution in [0.15, 0.2) is 39.3 Å². The average Bonchev–Trinajstić information content (AvgIpc) is 3.21. The topological polar surface area (TPSA) is 46.3 Å². The zero-order valence-electron chi connectivity index (χ0n) is 15.7. The van der Waals surface area contributed by atoms with Gasteiger partial charge in [0.25, 0.3) is 5.91 Å². The molecule has 1 amide bonds. The molecule has 27 heavy (non-hydrogen) atoms. The zero-order chi connectivity index (χ0) is 18.6. The third kappa shape index (κ3) is 4.29. The van der Waals surface area contributed by atoms with Crippen LogP contribution in [0.4, 0.5) is 0 Å². The maximum absolute atomic E-state index is 13.4. The Kier molecular flexibility index (Phi) is 5.96. The number of rotatable bonds is 4. The molecule has 1 aromatic heterocycles. The molecule has 5 heteroatoms. The van der Waals surface area contributed by atoms with E-state index in [1.807, 2.05) is 30.3 Å². The van der Waals surface area contributed by atoms with Crippen molar-refractivity contribution in [3.8, 4) is 11.3 Å². The van der Waals surface area contributed by atoms with E-state index >= 15 is 0 Å². The van der Waals surface area contributed by atoms with Crippen LogP contribution in [0.3, 0.4) is 0 Å². The molecule has 0 spiro atoms. The molecule has 0 unspecified atom stereocenters. The van der Waals surface area contributed by atoms with Gasteiger partial charge >= 0.3 is 0 Å². The van der Waals surface area contributed by atoms with Crippen LogP contribution >= 0.6 is 15.9 Å². The number of hydrogen-bond donors (Lipinski definition) is 0. The summed E-state index contributed by atoms with van der Waals surface area (Å²) in [5, 5.41) is 4.15. The molecule has 0 radical (unpaired) electrons. The van der Waals surface area contributed by atoms with E-state index < -0.39 is 0 Å². The molecule has 0 saturated heterocycles. The summed E-state index contributed by atoms with van der Waals surface area (Å²) in [6.07, 6.45) is 12.0. The lowest BCUT2D eigenvalue weighted by Gasteiger charge is -2.41. The quantitative estimate of drug-likeness (QED) is 0.578. The van der Waals surface area contributed by atoms with E-state index in [4.69, 9.17) is 4.52 Å². The predicted molar refractivity (Wildman–Crippen MR) is 110 cm³/mol. The van der Waals surface area contributed by atoms with Crippen molar-refractivity contribution in [2.24, 2.45) is 0 Å². The molecule has 0 N–H and O–H groups in total. The molecule has 0 atom stereocenters. The molecule has 2 aromatic rings. The van der Waals surface area contributed by atoms with Gasteiger partial charge in [-0.1, -0.05) is 71.7 Å². The second-order valence-corrected chi connectivity index (χ2v) is 8.80. The Morgan fingerprint density at radius 3 is 2.04 bits per heavy atom. The Balaban J connectivity index is 1.58. The Morgan fingerprint density at radius 2 is 1.48 bits per heavy atom. The number of carbonyl (C=O) groups excluding carboxylic acids is 1. The Labute approximate surface area is 169 Å². The highest BCUT2D eigenvalue weighted by molar-refractivity contribution is 9.10. The molecular formula is C22H27BrN2O2. The standard InChI is InChI=1S/C22H27BrN2O2/c23-17-13-11-16(12-14-17)21-15-20(24-27-21)22(26)25(18-7-3-1-4-8-18)19-9-5-2-6-10-19/h11-15,18-19H,1-10H2. The largest absolute Gasteiger partial charge is 0.355 e. The third-order valence-corrected chi connectivity index (χ3v) is 6.56. The van der Waals surface area contributed by atoms with Crippen LogP contribution in [-0.4, -0.2) is 28.0 Å². The molecule has 4 rings (SSSR count). The van der Waals surface area contributed by atoms with E-state index in [1.165, 1.54) is 38.5 Å². The molecule has 2 fully saturated rings. The van der Waals surface area contributed by atoms with Gasteiger partial charge in [-0.3, -0.25) is 4.79 Å². The van der Waals surface area contributed by atoms with Gasteiger partial charge in [0.15, 0.2) is 11.5 Å². The van der Waals surface area contributed by atoms with E-state index in [1.54, 1.807) is 0 Å². The lowest BCUT2D eigenvalue weighted by Crippen LogP contribution is -2.48. The minimum Gasteiger partial charge on any atom is -0.355 e. The van der Waals surface area contributed by atoms with Gasteiger partial charge in [-0.25, -0.2) is 0 Å². The van der Waals surface area contributed by atoms with Crippen molar-refractivity contribution in [1.29, 1.82) is 0 Å². The number of amides is 1. The highest BCUT2D eigenvalue weighted by Gasteiger charge is 2.34. The van der Waals surface area contributed by atoms with Gasteiger partial charge in [-0.2, -0.15) is 0 Å². The van der Waals surface area contributed by atoms with Crippen LogP contribution in [0.1, 0.15) is 74.7 Å². The first kappa shape index (κ1) is 18.7. The average molecular weight is 431 g/mol. The first-order valence-corrected chi connectivity index (χ1v) is 11.1. The molecule has 2 aliphatic rings. The number of aromatic nitrogens is 1. The molecular weight excluding hydrogens is 404 g/mol. The van der Waals surface area contributed by atoms with Gasteiger partial charge < -0.3 is 9.42 Å². The van der Waals surface area contributed by atoms with Gasteiger partial charge in [-0.05, 0) is 37.8 Å². The summed E-state index contributed by atoms with van der Waals surface area (Å²) >= 11 is 3.45. The van der Waals surface area contributed by atoms with Crippen molar-refractivity contribution in [2.75, 3.05) is 0 Å². The lowest BCUT2D eigenvalue weighted by molar-refractivity contribution is 0.0438. The van der Waals surface area contributed by atoms with Gasteiger partial charge in [-0.15, -0.1) is 0 Å². The summed E-state index contributed by atoms with van der Waals surface area (Å²) in [6, 6.07) is 10.4. The number of hydrogen-bond acceptors (Lipinski definition) is 3. The van der Waals surface area contributed by atoms with Crippen LogP contribution < -0.4 is 0 Å². The summed E-state index contributed by atoms with van der Waals surface area (Å²) < 4.78 is 6.54. The van der Waals surface area contributed by atoms with Crippen LogP contribution in [0.25, 0.3) is 11.3 Å². The first-order valence-electron chi connectivity index (χ1n) is 10.3. The van der Waals surface area contributed by atoms with E-state index in [0.29, 0.717) is 23.5 Å². The smallest absolute Gasteiger partial charge is 0.276 e. The normalized spacial score (nSPS) is 19.1. The predicted octanol–water partition coefficient (Wildman–Crippen LogP) is 6.21. The van der Waals surface area contributed by atoms with E-state index in [9.17, 15) is 4.79 Å². The van der Waals surface area contributed by atoms with E-state index in [-0.39, 0.29) is 5.91 Å². The number of nitrogens with zero attached hydrogens (tertiary/aromatic N) is 2. The van der Waals surface area contributed by atoms with E-state index in [2.05, 4.69) is 26.0 Å². The highest BCUT2D eigenvalue weighted by Crippen LogP contribution is 2.32. The highest BCUT2D eigenvalue weighted by atomic mass is 79.9. The van der Waals surface area contributed by atoms with Gasteiger partial charge in [0.1, 0.15) is 0 Å². The Hall–Kier alpha value is -1.62.